The van der Waals surface area contributed by atoms with Crippen molar-refractivity contribution >= 4 is 11.8 Å². The first kappa shape index (κ1) is 17.1. The number of nitrogens with zero attached hydrogens (tertiary/aromatic N) is 2. The van der Waals surface area contributed by atoms with Gasteiger partial charge >= 0.3 is 6.09 Å². The molecule has 1 amide bonds. The van der Waals surface area contributed by atoms with E-state index in [4.69, 9.17) is 4.74 Å². The maximum Gasteiger partial charge on any atom is 0.410 e. The second-order valence-electron chi connectivity index (χ2n) is 8.13. The number of amides is 1. The van der Waals surface area contributed by atoms with Crippen LogP contribution < -0.4 is 4.90 Å². The number of carbonyl (C=O) groups excluding carboxylic acids is 1. The minimum Gasteiger partial charge on any atom is -0.444 e. The highest BCUT2D eigenvalue weighted by Crippen LogP contribution is 2.35. The molecule has 24 heavy (non-hydrogen) atoms. The van der Waals surface area contributed by atoms with E-state index in [0.717, 1.165) is 38.6 Å². The first-order chi connectivity index (χ1) is 11.3. The van der Waals surface area contributed by atoms with Crippen molar-refractivity contribution in [3.63, 3.8) is 0 Å². The molecule has 0 spiro atoms. The van der Waals surface area contributed by atoms with Crippen LogP contribution >= 0.6 is 0 Å². The highest BCUT2D eigenvalue weighted by atomic mass is 16.6. The van der Waals surface area contributed by atoms with Crippen LogP contribution in [0.2, 0.25) is 0 Å². The largest absolute Gasteiger partial charge is 0.444 e. The van der Waals surface area contributed by atoms with Gasteiger partial charge in [-0.05, 0) is 64.5 Å². The quantitative estimate of drug-likeness (QED) is 0.813. The van der Waals surface area contributed by atoms with Crippen molar-refractivity contribution in [1.29, 1.82) is 0 Å². The fourth-order valence-electron chi connectivity index (χ4n) is 3.98. The number of hydrogen-bond acceptors (Lipinski definition) is 3. The normalized spacial score (nSPS) is 23.8. The lowest BCUT2D eigenvalue weighted by molar-refractivity contribution is 0.0183. The summed E-state index contributed by atoms with van der Waals surface area (Å²) in [6.45, 7) is 6.89. The van der Waals surface area contributed by atoms with E-state index in [9.17, 15) is 4.79 Å². The van der Waals surface area contributed by atoms with Crippen molar-refractivity contribution < 1.29 is 9.53 Å². The van der Waals surface area contributed by atoms with Crippen LogP contribution in [0.1, 0.15) is 52.0 Å². The molecule has 132 valence electrons. The topological polar surface area (TPSA) is 32.8 Å². The van der Waals surface area contributed by atoms with Crippen LogP contribution in [0.15, 0.2) is 24.3 Å². The summed E-state index contributed by atoms with van der Waals surface area (Å²) in [4.78, 5) is 16.6. The molecule has 0 N–H and O–H groups in total. The number of hydrogen-bond donors (Lipinski definition) is 0. The third-order valence-corrected chi connectivity index (χ3v) is 5.26. The van der Waals surface area contributed by atoms with E-state index < -0.39 is 5.60 Å². The number of benzene rings is 1. The third-order valence-electron chi connectivity index (χ3n) is 5.26. The van der Waals surface area contributed by atoms with Crippen LogP contribution in [0.4, 0.5) is 10.5 Å². The van der Waals surface area contributed by atoms with Gasteiger partial charge in [-0.15, -0.1) is 0 Å². The van der Waals surface area contributed by atoms with E-state index in [1.807, 2.05) is 27.8 Å². The summed E-state index contributed by atoms with van der Waals surface area (Å²) in [5.41, 5.74) is 2.47. The molecule has 0 radical (unpaired) electrons. The molecule has 3 rings (SSSR count). The minimum atomic E-state index is -0.429. The van der Waals surface area contributed by atoms with Gasteiger partial charge in [-0.2, -0.15) is 0 Å². The maximum atomic E-state index is 12.3. The fourth-order valence-corrected chi connectivity index (χ4v) is 3.98. The molecule has 1 aliphatic carbocycles. The number of para-hydroxylation sites is 1. The molecule has 1 aromatic rings. The summed E-state index contributed by atoms with van der Waals surface area (Å²) in [6, 6.07) is 9.68. The smallest absolute Gasteiger partial charge is 0.410 e. The second kappa shape index (κ2) is 6.66. The Kier molecular flexibility index (Phi) is 4.75. The standard InChI is InChI=1S/C20H30N2O2/c1-20(2,3)24-19(23)21(4)16-9-11-17(12-10-16)22-14-13-15-7-5-6-8-18(15)22/h5-8,16-17H,9-14H2,1-4H3. The first-order valence-corrected chi connectivity index (χ1v) is 9.15. The van der Waals surface area contributed by atoms with Crippen molar-refractivity contribution in [1.82, 2.24) is 4.90 Å². The van der Waals surface area contributed by atoms with E-state index in [2.05, 4.69) is 29.2 Å². The number of rotatable bonds is 2. The second-order valence-corrected chi connectivity index (χ2v) is 8.13. The van der Waals surface area contributed by atoms with Gasteiger partial charge in [-0.1, -0.05) is 18.2 Å². The Morgan fingerprint density at radius 2 is 1.83 bits per heavy atom. The Labute approximate surface area is 145 Å². The van der Waals surface area contributed by atoms with Crippen LogP contribution in [0.5, 0.6) is 0 Å². The van der Waals surface area contributed by atoms with E-state index in [0.29, 0.717) is 12.1 Å². The van der Waals surface area contributed by atoms with Gasteiger partial charge < -0.3 is 14.5 Å². The Bertz CT molecular complexity index is 586. The van der Waals surface area contributed by atoms with Crippen LogP contribution in [-0.4, -0.2) is 42.3 Å². The molecular weight excluding hydrogens is 300 g/mol. The molecule has 2 aliphatic rings. The van der Waals surface area contributed by atoms with Gasteiger partial charge in [0.15, 0.2) is 0 Å². The first-order valence-electron chi connectivity index (χ1n) is 9.15. The van der Waals surface area contributed by atoms with Crippen LogP contribution in [0.3, 0.4) is 0 Å². The Morgan fingerprint density at radius 1 is 1.17 bits per heavy atom. The number of fused-ring (bicyclic) bond motifs is 1. The molecular formula is C20H30N2O2. The summed E-state index contributed by atoms with van der Waals surface area (Å²) in [7, 11) is 1.88. The van der Waals surface area contributed by atoms with E-state index in [1.54, 1.807) is 4.90 Å². The lowest BCUT2D eigenvalue weighted by Gasteiger charge is -2.39. The predicted molar refractivity (Wildman–Crippen MR) is 97.5 cm³/mol. The lowest BCUT2D eigenvalue weighted by atomic mass is 9.89. The summed E-state index contributed by atoms with van der Waals surface area (Å²) in [5, 5.41) is 0. The van der Waals surface area contributed by atoms with E-state index in [-0.39, 0.29) is 6.09 Å². The molecule has 0 unspecified atom stereocenters. The average molecular weight is 330 g/mol. The Morgan fingerprint density at radius 3 is 2.50 bits per heavy atom. The number of carbonyl (C=O) groups is 1. The van der Waals surface area contributed by atoms with Gasteiger partial charge in [0.05, 0.1) is 0 Å². The van der Waals surface area contributed by atoms with Crippen LogP contribution in [-0.2, 0) is 11.2 Å². The van der Waals surface area contributed by atoms with Crippen molar-refractivity contribution in [3.8, 4) is 0 Å². The lowest BCUT2D eigenvalue weighted by Crippen LogP contribution is -2.45. The summed E-state index contributed by atoms with van der Waals surface area (Å²) in [6.07, 6.45) is 5.36. The highest BCUT2D eigenvalue weighted by Gasteiger charge is 2.33. The molecule has 1 aliphatic heterocycles. The van der Waals surface area contributed by atoms with E-state index in [1.165, 1.54) is 11.3 Å². The van der Waals surface area contributed by atoms with Crippen molar-refractivity contribution in [3.05, 3.63) is 29.8 Å². The Hall–Kier alpha value is -1.71. The zero-order valence-corrected chi connectivity index (χ0v) is 15.4. The maximum absolute atomic E-state index is 12.3. The average Bonchev–Trinajstić information content (AvgIpc) is 2.97. The molecule has 0 bridgehead atoms. The molecule has 1 heterocycles. The number of anilines is 1. The van der Waals surface area contributed by atoms with Crippen molar-refractivity contribution in [2.75, 3.05) is 18.5 Å². The van der Waals surface area contributed by atoms with Gasteiger partial charge in [0, 0.05) is 31.4 Å². The molecule has 1 saturated carbocycles. The zero-order valence-electron chi connectivity index (χ0n) is 15.4. The summed E-state index contributed by atoms with van der Waals surface area (Å²) in [5.74, 6) is 0. The van der Waals surface area contributed by atoms with Gasteiger partial charge in [0.1, 0.15) is 5.60 Å². The van der Waals surface area contributed by atoms with Gasteiger partial charge in [0.25, 0.3) is 0 Å². The molecule has 0 atom stereocenters. The molecule has 0 aromatic heterocycles. The fraction of sp³-hybridized carbons (Fsp3) is 0.650. The SMILES string of the molecule is CN(C(=O)OC(C)(C)C)C1CCC(N2CCc3ccccc32)CC1. The van der Waals surface area contributed by atoms with Gasteiger partial charge in [0.2, 0.25) is 0 Å². The molecule has 4 heteroatoms. The van der Waals surface area contributed by atoms with Crippen molar-refractivity contribution in [2.24, 2.45) is 0 Å². The Balaban J connectivity index is 1.56. The molecule has 4 nitrogen and oxygen atoms in total. The molecule has 1 fully saturated rings. The molecule has 0 saturated heterocycles. The van der Waals surface area contributed by atoms with Gasteiger partial charge in [-0.3, -0.25) is 0 Å². The summed E-state index contributed by atoms with van der Waals surface area (Å²) < 4.78 is 5.50. The van der Waals surface area contributed by atoms with Crippen molar-refractivity contribution in [2.45, 2.75) is 70.6 Å². The van der Waals surface area contributed by atoms with Crippen LogP contribution in [0, 0.1) is 0 Å². The zero-order chi connectivity index (χ0) is 17.3. The third kappa shape index (κ3) is 3.68. The monoisotopic (exact) mass is 330 g/mol. The minimum absolute atomic E-state index is 0.197. The summed E-state index contributed by atoms with van der Waals surface area (Å²) >= 11 is 0. The number of ether oxygens (including phenoxy) is 1. The van der Waals surface area contributed by atoms with Crippen LogP contribution in [0.25, 0.3) is 0 Å². The highest BCUT2D eigenvalue weighted by molar-refractivity contribution is 5.68. The van der Waals surface area contributed by atoms with Gasteiger partial charge in [-0.25, -0.2) is 4.79 Å². The van der Waals surface area contributed by atoms with E-state index >= 15 is 0 Å². The molecule has 1 aromatic carbocycles. The predicted octanol–water partition coefficient (Wildman–Crippen LogP) is 4.23.